The molecule has 0 aromatic heterocycles. The molecule has 1 saturated heterocycles. The standard InChI is InChI=1S/C24H28Br2N2O3/c1-15(23(29)27-16(2)17-10-19(25)13-20(26)11-17)24(6-8-28(3)9-7-24)18-4-5-21-22(12-18)31-14-30-21/h4-5,10-13,15-16H,6-9,14H2,1-3H3,(H,27,29). The topological polar surface area (TPSA) is 50.8 Å². The van der Waals surface area contributed by atoms with Crippen LogP contribution in [0.5, 0.6) is 11.5 Å². The van der Waals surface area contributed by atoms with E-state index in [2.05, 4.69) is 68.2 Å². The first-order chi connectivity index (χ1) is 14.8. The van der Waals surface area contributed by atoms with Crippen molar-refractivity contribution in [2.75, 3.05) is 26.9 Å². The van der Waals surface area contributed by atoms with Gasteiger partial charge >= 0.3 is 0 Å². The summed E-state index contributed by atoms with van der Waals surface area (Å²) in [6.07, 6.45) is 1.85. The van der Waals surface area contributed by atoms with Gasteiger partial charge in [0.05, 0.1) is 6.04 Å². The van der Waals surface area contributed by atoms with Crippen LogP contribution in [0.25, 0.3) is 0 Å². The van der Waals surface area contributed by atoms with Crippen molar-refractivity contribution in [1.29, 1.82) is 0 Å². The van der Waals surface area contributed by atoms with E-state index in [1.807, 2.05) is 31.2 Å². The number of halogens is 2. The fourth-order valence-electron chi connectivity index (χ4n) is 4.69. The average Bonchev–Trinajstić information content (AvgIpc) is 3.21. The number of hydrogen-bond donors (Lipinski definition) is 1. The first-order valence-electron chi connectivity index (χ1n) is 10.6. The van der Waals surface area contributed by atoms with E-state index in [0.717, 1.165) is 57.5 Å². The maximum absolute atomic E-state index is 13.5. The second-order valence-electron chi connectivity index (χ2n) is 8.68. The van der Waals surface area contributed by atoms with Crippen molar-refractivity contribution >= 4 is 37.8 Å². The Kier molecular flexibility index (Phi) is 6.65. The molecule has 2 heterocycles. The van der Waals surface area contributed by atoms with Gasteiger partial charge in [-0.2, -0.15) is 0 Å². The SMILES string of the molecule is CC(NC(=O)C(C)C1(c2ccc3c(c2)OCO3)CCN(C)CC1)c1cc(Br)cc(Br)c1. The molecule has 2 unspecified atom stereocenters. The Bertz CT molecular complexity index is 953. The predicted molar refractivity (Wildman–Crippen MR) is 129 cm³/mol. The Balaban J connectivity index is 1.60. The van der Waals surface area contributed by atoms with E-state index in [9.17, 15) is 4.79 Å². The van der Waals surface area contributed by atoms with Crippen LogP contribution in [-0.4, -0.2) is 37.7 Å². The van der Waals surface area contributed by atoms with Crippen molar-refractivity contribution in [1.82, 2.24) is 10.2 Å². The molecule has 2 aromatic rings. The lowest BCUT2D eigenvalue weighted by Crippen LogP contribution is -2.50. The largest absolute Gasteiger partial charge is 0.454 e. The normalized spacial score (nSPS) is 19.6. The van der Waals surface area contributed by atoms with E-state index < -0.39 is 0 Å². The first-order valence-corrected chi connectivity index (χ1v) is 12.2. The number of nitrogens with one attached hydrogen (secondary N) is 1. The third-order valence-electron chi connectivity index (χ3n) is 6.79. The fraction of sp³-hybridized carbons (Fsp3) is 0.458. The fourth-order valence-corrected chi connectivity index (χ4v) is 6.02. The molecular weight excluding hydrogens is 524 g/mol. The molecule has 2 aliphatic heterocycles. The van der Waals surface area contributed by atoms with Gasteiger partial charge in [-0.3, -0.25) is 4.79 Å². The molecule has 4 rings (SSSR count). The van der Waals surface area contributed by atoms with Crippen molar-refractivity contribution in [3.05, 3.63) is 56.5 Å². The Morgan fingerprint density at radius 2 is 1.68 bits per heavy atom. The average molecular weight is 552 g/mol. The summed E-state index contributed by atoms with van der Waals surface area (Å²) in [6, 6.07) is 12.2. The summed E-state index contributed by atoms with van der Waals surface area (Å²) < 4.78 is 13.1. The zero-order chi connectivity index (χ0) is 22.2. The Labute approximate surface area is 200 Å². The highest BCUT2D eigenvalue weighted by Gasteiger charge is 2.44. The second kappa shape index (κ2) is 9.12. The molecule has 166 valence electrons. The second-order valence-corrected chi connectivity index (χ2v) is 10.5. The van der Waals surface area contributed by atoms with Crippen molar-refractivity contribution in [2.45, 2.75) is 38.1 Å². The van der Waals surface area contributed by atoms with Gasteiger partial charge < -0.3 is 19.7 Å². The monoisotopic (exact) mass is 550 g/mol. The number of carbonyl (C=O) groups is 1. The lowest BCUT2D eigenvalue weighted by molar-refractivity contribution is -0.128. The minimum Gasteiger partial charge on any atom is -0.454 e. The molecule has 1 N–H and O–H groups in total. The summed E-state index contributed by atoms with van der Waals surface area (Å²) in [4.78, 5) is 15.8. The smallest absolute Gasteiger partial charge is 0.231 e. The summed E-state index contributed by atoms with van der Waals surface area (Å²) in [5, 5.41) is 3.26. The molecule has 0 aliphatic carbocycles. The number of ether oxygens (including phenoxy) is 2. The van der Waals surface area contributed by atoms with Gasteiger partial charge in [-0.1, -0.05) is 44.8 Å². The van der Waals surface area contributed by atoms with E-state index >= 15 is 0 Å². The minimum absolute atomic E-state index is 0.0748. The van der Waals surface area contributed by atoms with E-state index in [1.54, 1.807) is 0 Å². The predicted octanol–water partition coefficient (Wildman–Crippen LogP) is 5.42. The number of rotatable bonds is 5. The highest BCUT2D eigenvalue weighted by Crippen LogP contribution is 2.45. The molecule has 0 radical (unpaired) electrons. The Hall–Kier alpha value is -1.57. The molecule has 2 aliphatic rings. The van der Waals surface area contributed by atoms with Crippen molar-refractivity contribution < 1.29 is 14.3 Å². The Morgan fingerprint density at radius 3 is 2.35 bits per heavy atom. The van der Waals surface area contributed by atoms with Crippen LogP contribution in [0, 0.1) is 5.92 Å². The minimum atomic E-state index is -0.241. The van der Waals surface area contributed by atoms with Crippen LogP contribution in [0.15, 0.2) is 45.3 Å². The number of fused-ring (bicyclic) bond motifs is 1. The molecule has 0 saturated carbocycles. The quantitative estimate of drug-likeness (QED) is 0.539. The number of nitrogens with zero attached hydrogens (tertiary/aromatic N) is 1. The zero-order valence-corrected chi connectivity index (χ0v) is 21.3. The van der Waals surface area contributed by atoms with Crippen LogP contribution >= 0.6 is 31.9 Å². The van der Waals surface area contributed by atoms with Gasteiger partial charge in [0.2, 0.25) is 12.7 Å². The van der Waals surface area contributed by atoms with Crippen LogP contribution in [-0.2, 0) is 10.2 Å². The molecule has 31 heavy (non-hydrogen) atoms. The van der Waals surface area contributed by atoms with Crippen LogP contribution in [0.2, 0.25) is 0 Å². The molecule has 1 fully saturated rings. The molecule has 0 bridgehead atoms. The van der Waals surface area contributed by atoms with Crippen LogP contribution < -0.4 is 14.8 Å². The molecule has 0 spiro atoms. The summed E-state index contributed by atoms with van der Waals surface area (Å²) in [7, 11) is 2.14. The van der Waals surface area contributed by atoms with Crippen LogP contribution in [0.1, 0.15) is 43.9 Å². The lowest BCUT2D eigenvalue weighted by atomic mass is 9.64. The van der Waals surface area contributed by atoms with Crippen LogP contribution in [0.3, 0.4) is 0 Å². The van der Waals surface area contributed by atoms with Crippen molar-refractivity contribution in [3.63, 3.8) is 0 Å². The van der Waals surface area contributed by atoms with Gasteiger partial charge in [-0.15, -0.1) is 0 Å². The number of hydrogen-bond acceptors (Lipinski definition) is 4. The lowest BCUT2D eigenvalue weighted by Gasteiger charge is -2.45. The van der Waals surface area contributed by atoms with Gasteiger partial charge in [0.15, 0.2) is 11.5 Å². The van der Waals surface area contributed by atoms with E-state index in [0.29, 0.717) is 0 Å². The van der Waals surface area contributed by atoms with Crippen molar-refractivity contribution in [2.24, 2.45) is 5.92 Å². The van der Waals surface area contributed by atoms with Gasteiger partial charge in [-0.25, -0.2) is 0 Å². The zero-order valence-electron chi connectivity index (χ0n) is 18.1. The summed E-state index contributed by atoms with van der Waals surface area (Å²) in [5.41, 5.74) is 1.97. The summed E-state index contributed by atoms with van der Waals surface area (Å²) >= 11 is 7.08. The summed E-state index contributed by atoms with van der Waals surface area (Å²) in [5.74, 6) is 1.44. The summed E-state index contributed by atoms with van der Waals surface area (Å²) in [6.45, 7) is 6.26. The molecule has 2 aromatic carbocycles. The molecule has 7 heteroatoms. The van der Waals surface area contributed by atoms with Crippen LogP contribution in [0.4, 0.5) is 0 Å². The number of amides is 1. The van der Waals surface area contributed by atoms with Gasteiger partial charge in [0, 0.05) is 20.3 Å². The van der Waals surface area contributed by atoms with E-state index in [1.165, 1.54) is 0 Å². The maximum atomic E-state index is 13.5. The number of likely N-dealkylation sites (tertiary alicyclic amines) is 1. The highest BCUT2D eigenvalue weighted by atomic mass is 79.9. The van der Waals surface area contributed by atoms with Gasteiger partial charge in [0.1, 0.15) is 0 Å². The van der Waals surface area contributed by atoms with Crippen molar-refractivity contribution in [3.8, 4) is 11.5 Å². The van der Waals surface area contributed by atoms with Gasteiger partial charge in [0.25, 0.3) is 0 Å². The number of piperidine rings is 1. The van der Waals surface area contributed by atoms with Gasteiger partial charge in [-0.05, 0) is 81.4 Å². The number of benzene rings is 2. The molecule has 2 atom stereocenters. The highest BCUT2D eigenvalue weighted by molar-refractivity contribution is 9.11. The first kappa shape index (κ1) is 22.6. The third-order valence-corrected chi connectivity index (χ3v) is 7.71. The number of carbonyl (C=O) groups excluding carboxylic acids is 1. The molecule has 5 nitrogen and oxygen atoms in total. The third kappa shape index (κ3) is 4.64. The molecule has 1 amide bonds. The van der Waals surface area contributed by atoms with E-state index in [-0.39, 0.29) is 30.1 Å². The van der Waals surface area contributed by atoms with E-state index in [4.69, 9.17) is 9.47 Å². The molecular formula is C24H28Br2N2O3. The maximum Gasteiger partial charge on any atom is 0.231 e. The Morgan fingerprint density at radius 1 is 1.03 bits per heavy atom.